The van der Waals surface area contributed by atoms with Crippen molar-refractivity contribution in [1.29, 1.82) is 0 Å². The maximum atomic E-state index is 13.1. The average Bonchev–Trinajstić information content (AvgIpc) is 2.79. The van der Waals surface area contributed by atoms with E-state index in [0.29, 0.717) is 0 Å². The number of benzene rings is 1. The molecule has 1 aliphatic carbocycles. The molecule has 0 bridgehead atoms. The van der Waals surface area contributed by atoms with Crippen LogP contribution in [0.2, 0.25) is 0 Å². The van der Waals surface area contributed by atoms with Gasteiger partial charge in [-0.25, -0.2) is 9.37 Å². The molecule has 0 spiro atoms. The van der Waals surface area contributed by atoms with Gasteiger partial charge in [0, 0.05) is 6.54 Å². The molecular weight excluding hydrogens is 229 g/mol. The lowest BCUT2D eigenvalue weighted by molar-refractivity contribution is 0.373. The van der Waals surface area contributed by atoms with Crippen LogP contribution in [0.15, 0.2) is 18.2 Å². The van der Waals surface area contributed by atoms with E-state index in [-0.39, 0.29) is 5.82 Å². The van der Waals surface area contributed by atoms with Crippen LogP contribution in [0.1, 0.15) is 32.1 Å². The van der Waals surface area contributed by atoms with Gasteiger partial charge in [-0.1, -0.05) is 19.3 Å². The quantitative estimate of drug-likeness (QED) is 0.868. The van der Waals surface area contributed by atoms with Crippen LogP contribution in [0.4, 0.5) is 10.3 Å². The van der Waals surface area contributed by atoms with Gasteiger partial charge in [0.25, 0.3) is 0 Å². The van der Waals surface area contributed by atoms with Gasteiger partial charge in [-0.15, -0.1) is 0 Å². The van der Waals surface area contributed by atoms with Gasteiger partial charge in [-0.2, -0.15) is 0 Å². The highest BCUT2D eigenvalue weighted by Crippen LogP contribution is 2.24. The number of anilines is 1. The molecule has 0 radical (unpaired) electrons. The summed E-state index contributed by atoms with van der Waals surface area (Å²) in [6.07, 6.45) is 6.68. The number of hydrogen-bond donors (Lipinski definition) is 2. The van der Waals surface area contributed by atoms with Crippen LogP contribution in [0.25, 0.3) is 11.0 Å². The first-order valence-corrected chi connectivity index (χ1v) is 6.70. The molecule has 0 amide bonds. The van der Waals surface area contributed by atoms with E-state index in [1.807, 2.05) is 0 Å². The first kappa shape index (κ1) is 11.5. The molecule has 18 heavy (non-hydrogen) atoms. The molecule has 0 aliphatic heterocycles. The van der Waals surface area contributed by atoms with Crippen molar-refractivity contribution in [2.75, 3.05) is 11.9 Å². The Morgan fingerprint density at radius 1 is 1.28 bits per heavy atom. The van der Waals surface area contributed by atoms with E-state index >= 15 is 0 Å². The summed E-state index contributed by atoms with van der Waals surface area (Å²) < 4.78 is 13.1. The predicted molar refractivity (Wildman–Crippen MR) is 71.1 cm³/mol. The average molecular weight is 247 g/mol. The van der Waals surface area contributed by atoms with E-state index in [1.54, 1.807) is 6.07 Å². The van der Waals surface area contributed by atoms with Crippen LogP contribution in [0, 0.1) is 11.7 Å². The lowest BCUT2D eigenvalue weighted by Crippen LogP contribution is -2.17. The molecule has 2 N–H and O–H groups in total. The standard InChI is InChI=1S/C14H18FN3/c15-11-6-7-12-13(8-11)18-14(17-12)16-9-10-4-2-1-3-5-10/h6-8,10H,1-5,9H2,(H2,16,17,18). The summed E-state index contributed by atoms with van der Waals surface area (Å²) in [7, 11) is 0. The molecule has 3 nitrogen and oxygen atoms in total. The van der Waals surface area contributed by atoms with Crippen LogP contribution < -0.4 is 5.32 Å². The largest absolute Gasteiger partial charge is 0.356 e. The summed E-state index contributed by atoms with van der Waals surface area (Å²) in [5.41, 5.74) is 1.56. The minimum Gasteiger partial charge on any atom is -0.356 e. The van der Waals surface area contributed by atoms with Gasteiger partial charge in [0.2, 0.25) is 5.95 Å². The van der Waals surface area contributed by atoms with Gasteiger partial charge >= 0.3 is 0 Å². The Labute approximate surface area is 106 Å². The van der Waals surface area contributed by atoms with Crippen LogP contribution in [0.5, 0.6) is 0 Å². The molecule has 1 aromatic heterocycles. The van der Waals surface area contributed by atoms with Crippen LogP contribution in [-0.2, 0) is 0 Å². The maximum absolute atomic E-state index is 13.1. The van der Waals surface area contributed by atoms with Gasteiger partial charge in [-0.05, 0) is 37.0 Å². The minimum atomic E-state index is -0.231. The van der Waals surface area contributed by atoms with Gasteiger partial charge in [0.1, 0.15) is 5.82 Å². The summed E-state index contributed by atoms with van der Waals surface area (Å²) in [6, 6.07) is 4.62. The molecule has 0 unspecified atom stereocenters. The molecule has 1 aliphatic rings. The first-order chi connectivity index (χ1) is 8.81. The van der Waals surface area contributed by atoms with Crippen molar-refractivity contribution in [3.8, 4) is 0 Å². The van der Waals surface area contributed by atoms with E-state index in [2.05, 4.69) is 15.3 Å². The van der Waals surface area contributed by atoms with Crippen LogP contribution >= 0.6 is 0 Å². The Balaban J connectivity index is 1.67. The Morgan fingerprint density at radius 2 is 2.11 bits per heavy atom. The second-order valence-electron chi connectivity index (χ2n) is 5.13. The molecule has 0 saturated heterocycles. The van der Waals surface area contributed by atoms with Crippen molar-refractivity contribution in [1.82, 2.24) is 9.97 Å². The van der Waals surface area contributed by atoms with Gasteiger partial charge in [-0.3, -0.25) is 0 Å². The molecule has 96 valence electrons. The van der Waals surface area contributed by atoms with Crippen molar-refractivity contribution in [3.05, 3.63) is 24.0 Å². The van der Waals surface area contributed by atoms with Crippen molar-refractivity contribution < 1.29 is 4.39 Å². The zero-order valence-corrected chi connectivity index (χ0v) is 10.4. The Bertz CT molecular complexity index is 529. The molecule has 0 atom stereocenters. The fourth-order valence-electron chi connectivity index (χ4n) is 2.70. The van der Waals surface area contributed by atoms with Crippen molar-refractivity contribution in [2.24, 2.45) is 5.92 Å². The number of nitrogens with one attached hydrogen (secondary N) is 2. The lowest BCUT2D eigenvalue weighted by atomic mass is 9.89. The Hall–Kier alpha value is -1.58. The number of aromatic amines is 1. The molecule has 1 saturated carbocycles. The number of H-pyrrole nitrogens is 1. The van der Waals surface area contributed by atoms with E-state index in [1.165, 1.54) is 44.2 Å². The number of hydrogen-bond acceptors (Lipinski definition) is 2. The van der Waals surface area contributed by atoms with Gasteiger partial charge in [0.05, 0.1) is 11.0 Å². The number of imidazole rings is 1. The molecule has 4 heteroatoms. The number of fused-ring (bicyclic) bond motifs is 1. The molecule has 1 fully saturated rings. The summed E-state index contributed by atoms with van der Waals surface area (Å²) >= 11 is 0. The minimum absolute atomic E-state index is 0.231. The van der Waals surface area contributed by atoms with Crippen molar-refractivity contribution >= 4 is 17.0 Å². The number of nitrogens with zero attached hydrogens (tertiary/aromatic N) is 1. The highest BCUT2D eigenvalue weighted by atomic mass is 19.1. The Morgan fingerprint density at radius 3 is 2.94 bits per heavy atom. The molecule has 1 heterocycles. The molecule has 2 aromatic rings. The van der Waals surface area contributed by atoms with Crippen LogP contribution in [0.3, 0.4) is 0 Å². The highest BCUT2D eigenvalue weighted by molar-refractivity contribution is 5.77. The second kappa shape index (κ2) is 4.96. The zero-order chi connectivity index (χ0) is 12.4. The normalized spacial score (nSPS) is 17.2. The molecule has 3 rings (SSSR count). The van der Waals surface area contributed by atoms with Crippen molar-refractivity contribution in [3.63, 3.8) is 0 Å². The van der Waals surface area contributed by atoms with E-state index in [9.17, 15) is 4.39 Å². The zero-order valence-electron chi connectivity index (χ0n) is 10.4. The smallest absolute Gasteiger partial charge is 0.201 e. The van der Waals surface area contributed by atoms with Crippen molar-refractivity contribution in [2.45, 2.75) is 32.1 Å². The third-order valence-electron chi connectivity index (χ3n) is 3.73. The highest BCUT2D eigenvalue weighted by Gasteiger charge is 2.13. The van der Waals surface area contributed by atoms with E-state index in [0.717, 1.165) is 29.4 Å². The fourth-order valence-corrected chi connectivity index (χ4v) is 2.70. The fraction of sp³-hybridized carbons (Fsp3) is 0.500. The number of rotatable bonds is 3. The van der Waals surface area contributed by atoms with E-state index < -0.39 is 0 Å². The third-order valence-corrected chi connectivity index (χ3v) is 3.73. The summed E-state index contributed by atoms with van der Waals surface area (Å²) in [6.45, 7) is 0.961. The Kier molecular flexibility index (Phi) is 3.17. The summed E-state index contributed by atoms with van der Waals surface area (Å²) in [5.74, 6) is 1.27. The SMILES string of the molecule is Fc1ccc2nc(NCC3CCCCC3)[nH]c2c1. The second-order valence-corrected chi connectivity index (χ2v) is 5.13. The monoisotopic (exact) mass is 247 g/mol. The summed E-state index contributed by atoms with van der Waals surface area (Å²) in [5, 5.41) is 3.33. The third kappa shape index (κ3) is 2.47. The van der Waals surface area contributed by atoms with Gasteiger partial charge < -0.3 is 10.3 Å². The topological polar surface area (TPSA) is 40.7 Å². The summed E-state index contributed by atoms with van der Waals surface area (Å²) in [4.78, 5) is 7.52. The van der Waals surface area contributed by atoms with E-state index in [4.69, 9.17) is 0 Å². The molecule has 1 aromatic carbocycles. The maximum Gasteiger partial charge on any atom is 0.201 e. The lowest BCUT2D eigenvalue weighted by Gasteiger charge is -2.21. The van der Waals surface area contributed by atoms with Gasteiger partial charge in [0.15, 0.2) is 0 Å². The number of aromatic nitrogens is 2. The molecular formula is C14H18FN3. The predicted octanol–water partition coefficient (Wildman–Crippen LogP) is 3.69. The van der Waals surface area contributed by atoms with Crippen LogP contribution in [-0.4, -0.2) is 16.5 Å². The first-order valence-electron chi connectivity index (χ1n) is 6.70. The number of halogens is 1.